The molecule has 28 heavy (non-hydrogen) atoms. The van der Waals surface area contributed by atoms with Crippen molar-refractivity contribution in [2.24, 2.45) is 7.05 Å². The number of hydrogen-bond acceptors (Lipinski definition) is 5. The first kappa shape index (κ1) is 17.8. The van der Waals surface area contributed by atoms with Gasteiger partial charge in [-0.15, -0.1) is 0 Å². The maximum atomic E-state index is 12.8. The van der Waals surface area contributed by atoms with Gasteiger partial charge >= 0.3 is 0 Å². The maximum absolute atomic E-state index is 12.8. The molecular formula is C20H21N7O. The van der Waals surface area contributed by atoms with Crippen LogP contribution in [-0.2, 0) is 13.6 Å². The van der Waals surface area contributed by atoms with Crippen LogP contribution in [0.15, 0.2) is 66.1 Å². The van der Waals surface area contributed by atoms with Crippen molar-refractivity contribution in [2.75, 3.05) is 0 Å². The number of rotatable bonds is 6. The summed E-state index contributed by atoms with van der Waals surface area (Å²) in [5, 5.41) is 13.4. The van der Waals surface area contributed by atoms with Gasteiger partial charge in [0.2, 0.25) is 5.43 Å². The average Bonchev–Trinajstić information content (AvgIpc) is 3.34. The number of aromatic nitrogens is 7. The molecular weight excluding hydrogens is 354 g/mol. The van der Waals surface area contributed by atoms with Crippen molar-refractivity contribution in [1.29, 1.82) is 0 Å². The largest absolute Gasteiger partial charge is 0.288 e. The Balaban J connectivity index is 1.85. The van der Waals surface area contributed by atoms with Crippen LogP contribution in [0.2, 0.25) is 0 Å². The Hall–Kier alpha value is -3.55. The third-order valence-corrected chi connectivity index (χ3v) is 4.46. The smallest absolute Gasteiger partial charge is 0.204 e. The molecule has 0 fully saturated rings. The van der Waals surface area contributed by atoms with Gasteiger partial charge in [-0.3, -0.25) is 14.2 Å². The Bertz CT molecular complexity index is 1130. The summed E-state index contributed by atoms with van der Waals surface area (Å²) in [5.41, 5.74) is 1.93. The fourth-order valence-electron chi connectivity index (χ4n) is 3.15. The Morgan fingerprint density at radius 1 is 1.11 bits per heavy atom. The zero-order valence-electron chi connectivity index (χ0n) is 15.8. The molecule has 8 nitrogen and oxygen atoms in total. The van der Waals surface area contributed by atoms with Crippen LogP contribution in [0.25, 0.3) is 5.69 Å². The number of benzene rings is 1. The van der Waals surface area contributed by atoms with E-state index in [-0.39, 0.29) is 5.43 Å². The van der Waals surface area contributed by atoms with Crippen LogP contribution in [0.1, 0.15) is 36.3 Å². The van der Waals surface area contributed by atoms with Crippen molar-refractivity contribution in [3.8, 4) is 5.69 Å². The summed E-state index contributed by atoms with van der Waals surface area (Å²) < 4.78 is 5.15. The van der Waals surface area contributed by atoms with Crippen molar-refractivity contribution in [1.82, 2.24) is 34.3 Å². The molecule has 0 aliphatic rings. The van der Waals surface area contributed by atoms with Crippen molar-refractivity contribution < 1.29 is 0 Å². The van der Waals surface area contributed by atoms with Crippen LogP contribution in [0.4, 0.5) is 0 Å². The van der Waals surface area contributed by atoms with Gasteiger partial charge in [0.25, 0.3) is 0 Å². The highest BCUT2D eigenvalue weighted by atomic mass is 16.1. The third kappa shape index (κ3) is 3.48. The van der Waals surface area contributed by atoms with E-state index in [9.17, 15) is 4.79 Å². The first-order chi connectivity index (χ1) is 13.7. The van der Waals surface area contributed by atoms with E-state index in [2.05, 4.69) is 27.2 Å². The van der Waals surface area contributed by atoms with Crippen LogP contribution in [0.5, 0.6) is 0 Å². The highest BCUT2D eigenvalue weighted by molar-refractivity contribution is 5.35. The summed E-state index contributed by atoms with van der Waals surface area (Å²) in [6.07, 6.45) is 7.85. The molecule has 1 unspecified atom stereocenters. The summed E-state index contributed by atoms with van der Waals surface area (Å²) in [4.78, 5) is 17.3. The molecule has 0 saturated carbocycles. The second-order valence-electron chi connectivity index (χ2n) is 6.59. The molecule has 0 radical (unpaired) electrons. The molecule has 0 N–H and O–H groups in total. The molecule has 0 amide bonds. The van der Waals surface area contributed by atoms with Crippen molar-refractivity contribution in [3.63, 3.8) is 0 Å². The van der Waals surface area contributed by atoms with Crippen molar-refractivity contribution in [3.05, 3.63) is 88.6 Å². The molecule has 142 valence electrons. The molecule has 1 atom stereocenters. The van der Waals surface area contributed by atoms with E-state index in [0.717, 1.165) is 24.2 Å². The zero-order chi connectivity index (χ0) is 19.5. The van der Waals surface area contributed by atoms with E-state index < -0.39 is 5.92 Å². The van der Waals surface area contributed by atoms with Crippen LogP contribution >= 0.6 is 0 Å². The minimum atomic E-state index is -0.448. The fourth-order valence-corrected chi connectivity index (χ4v) is 3.15. The van der Waals surface area contributed by atoms with Gasteiger partial charge in [0, 0.05) is 25.9 Å². The fraction of sp³-hybridized carbons (Fsp3) is 0.250. The van der Waals surface area contributed by atoms with Gasteiger partial charge in [-0.25, -0.2) is 9.67 Å². The molecule has 8 heteroatoms. The van der Waals surface area contributed by atoms with Crippen molar-refractivity contribution >= 4 is 0 Å². The van der Waals surface area contributed by atoms with E-state index in [4.69, 9.17) is 0 Å². The molecule has 0 aliphatic heterocycles. The molecule has 1 aromatic carbocycles. The second kappa shape index (κ2) is 7.59. The third-order valence-electron chi connectivity index (χ3n) is 4.46. The highest BCUT2D eigenvalue weighted by Gasteiger charge is 2.25. The molecule has 0 aliphatic carbocycles. The van der Waals surface area contributed by atoms with Gasteiger partial charge in [-0.05, 0) is 12.0 Å². The zero-order valence-corrected chi connectivity index (χ0v) is 15.8. The standard InChI is InChI=1S/C20H21N7O/c1-3-10-26-14-21-20(24-26)18(15-7-5-4-6-8-15)19-17(28)9-11-27(23-19)16-12-22-25(2)13-16/h4-9,11-14,18H,3,10H2,1-2H3. The molecule has 0 saturated heterocycles. The quantitative estimate of drug-likeness (QED) is 0.516. The minimum Gasteiger partial charge on any atom is -0.288 e. The summed E-state index contributed by atoms with van der Waals surface area (Å²) >= 11 is 0. The molecule has 3 aromatic heterocycles. The van der Waals surface area contributed by atoms with Crippen LogP contribution in [0.3, 0.4) is 0 Å². The summed E-state index contributed by atoms with van der Waals surface area (Å²) in [7, 11) is 1.84. The van der Waals surface area contributed by atoms with E-state index >= 15 is 0 Å². The predicted octanol–water partition coefficient (Wildman–Crippen LogP) is 2.15. The predicted molar refractivity (Wildman–Crippen MR) is 104 cm³/mol. The first-order valence-corrected chi connectivity index (χ1v) is 9.19. The Labute approximate surface area is 162 Å². The summed E-state index contributed by atoms with van der Waals surface area (Å²) in [6, 6.07) is 11.3. The number of hydrogen-bond donors (Lipinski definition) is 0. The van der Waals surface area contributed by atoms with Crippen LogP contribution in [-0.4, -0.2) is 34.3 Å². The lowest BCUT2D eigenvalue weighted by Crippen LogP contribution is -2.21. The Morgan fingerprint density at radius 3 is 2.64 bits per heavy atom. The van der Waals surface area contributed by atoms with Gasteiger partial charge in [0.05, 0.1) is 18.3 Å². The second-order valence-corrected chi connectivity index (χ2v) is 6.59. The minimum absolute atomic E-state index is 0.152. The lowest BCUT2D eigenvalue weighted by molar-refractivity contribution is 0.590. The van der Waals surface area contributed by atoms with E-state index in [1.54, 1.807) is 32.8 Å². The Morgan fingerprint density at radius 2 is 1.93 bits per heavy atom. The topological polar surface area (TPSA) is 83.4 Å². The monoisotopic (exact) mass is 375 g/mol. The normalized spacial score (nSPS) is 12.2. The number of aryl methyl sites for hydroxylation is 2. The molecule has 0 bridgehead atoms. The summed E-state index contributed by atoms with van der Waals surface area (Å²) in [5.74, 6) is 0.115. The highest BCUT2D eigenvalue weighted by Crippen LogP contribution is 2.26. The van der Waals surface area contributed by atoms with Gasteiger partial charge < -0.3 is 0 Å². The lowest BCUT2D eigenvalue weighted by atomic mass is 9.94. The number of nitrogens with zero attached hydrogens (tertiary/aromatic N) is 7. The van der Waals surface area contributed by atoms with Crippen molar-refractivity contribution in [2.45, 2.75) is 25.8 Å². The average molecular weight is 375 g/mol. The molecule has 3 heterocycles. The van der Waals surface area contributed by atoms with Gasteiger partial charge in [-0.2, -0.15) is 15.3 Å². The summed E-state index contributed by atoms with van der Waals surface area (Å²) in [6.45, 7) is 2.86. The van der Waals surface area contributed by atoms with Crippen LogP contribution < -0.4 is 5.43 Å². The SMILES string of the molecule is CCCn1cnc(C(c2ccccc2)c2nn(-c3cnn(C)c3)ccc2=O)n1. The van der Waals surface area contributed by atoms with Gasteiger partial charge in [-0.1, -0.05) is 37.3 Å². The van der Waals surface area contributed by atoms with E-state index in [1.165, 1.54) is 6.07 Å². The maximum Gasteiger partial charge on any atom is 0.204 e. The van der Waals surface area contributed by atoms with E-state index in [1.807, 2.05) is 43.6 Å². The van der Waals surface area contributed by atoms with Gasteiger partial charge in [0.15, 0.2) is 5.82 Å². The first-order valence-electron chi connectivity index (χ1n) is 9.19. The Kier molecular flexibility index (Phi) is 4.84. The van der Waals surface area contributed by atoms with Crippen LogP contribution in [0, 0.1) is 0 Å². The van der Waals surface area contributed by atoms with E-state index in [0.29, 0.717) is 11.5 Å². The molecule has 4 aromatic rings. The molecule has 4 rings (SSSR count). The lowest BCUT2D eigenvalue weighted by Gasteiger charge is -2.14. The van der Waals surface area contributed by atoms with Gasteiger partial charge in [0.1, 0.15) is 17.7 Å². The molecule has 0 spiro atoms.